The molecular formula is C21H16N2O3. The average molecular weight is 344 g/mol. The van der Waals surface area contributed by atoms with Crippen molar-refractivity contribution in [3.05, 3.63) is 84.3 Å². The predicted molar refractivity (Wildman–Crippen MR) is 97.5 cm³/mol. The third-order valence-corrected chi connectivity index (χ3v) is 4.10. The molecule has 0 fully saturated rings. The number of benzene rings is 3. The average Bonchev–Trinajstić information content (AvgIpc) is 3.18. The second kappa shape index (κ2) is 6.80. The fourth-order valence-corrected chi connectivity index (χ4v) is 2.77. The molecule has 1 atom stereocenters. The van der Waals surface area contributed by atoms with E-state index in [1.54, 1.807) is 13.0 Å². The lowest BCUT2D eigenvalue weighted by molar-refractivity contribution is 0.0282. The van der Waals surface area contributed by atoms with E-state index in [1.807, 2.05) is 66.7 Å². The van der Waals surface area contributed by atoms with Gasteiger partial charge in [0.15, 0.2) is 6.10 Å². The van der Waals surface area contributed by atoms with Gasteiger partial charge in [0.05, 0.1) is 5.56 Å². The molecule has 5 heteroatoms. The molecule has 1 heterocycles. The van der Waals surface area contributed by atoms with Crippen LogP contribution in [0.1, 0.15) is 29.3 Å². The highest BCUT2D eigenvalue weighted by Gasteiger charge is 2.21. The normalized spacial score (nSPS) is 12.0. The van der Waals surface area contributed by atoms with Crippen molar-refractivity contribution in [3.63, 3.8) is 0 Å². The van der Waals surface area contributed by atoms with Crippen LogP contribution in [-0.4, -0.2) is 16.2 Å². The molecule has 5 nitrogen and oxygen atoms in total. The summed E-state index contributed by atoms with van der Waals surface area (Å²) in [5.74, 6) is 0.236. The molecule has 0 saturated carbocycles. The summed E-state index contributed by atoms with van der Waals surface area (Å²) in [4.78, 5) is 12.6. The van der Waals surface area contributed by atoms with Crippen LogP contribution in [0.15, 0.2) is 77.2 Å². The van der Waals surface area contributed by atoms with Crippen LogP contribution in [0.4, 0.5) is 0 Å². The first-order valence-corrected chi connectivity index (χ1v) is 8.30. The maximum Gasteiger partial charge on any atom is 0.339 e. The van der Waals surface area contributed by atoms with Crippen molar-refractivity contribution >= 4 is 16.7 Å². The Bertz CT molecular complexity index is 1050. The van der Waals surface area contributed by atoms with Crippen LogP contribution in [0.2, 0.25) is 0 Å². The summed E-state index contributed by atoms with van der Waals surface area (Å²) in [5, 5.41) is 9.87. The largest absolute Gasteiger partial charge is 0.449 e. The fraction of sp³-hybridized carbons (Fsp3) is 0.0952. The summed E-state index contributed by atoms with van der Waals surface area (Å²) < 4.78 is 11.2. The van der Waals surface area contributed by atoms with E-state index < -0.39 is 12.1 Å². The Kier molecular flexibility index (Phi) is 4.19. The van der Waals surface area contributed by atoms with Crippen LogP contribution in [-0.2, 0) is 4.74 Å². The van der Waals surface area contributed by atoms with E-state index in [-0.39, 0.29) is 5.89 Å². The smallest absolute Gasteiger partial charge is 0.339 e. The van der Waals surface area contributed by atoms with Gasteiger partial charge in [-0.2, -0.15) is 0 Å². The highest BCUT2D eigenvalue weighted by molar-refractivity contribution is 6.04. The molecule has 0 aliphatic rings. The maximum atomic E-state index is 12.6. The van der Waals surface area contributed by atoms with Crippen molar-refractivity contribution in [2.24, 2.45) is 0 Å². The van der Waals surface area contributed by atoms with Gasteiger partial charge in [0.2, 0.25) is 5.89 Å². The van der Waals surface area contributed by atoms with E-state index in [1.165, 1.54) is 0 Å². The minimum Gasteiger partial charge on any atom is -0.449 e. The first-order valence-electron chi connectivity index (χ1n) is 8.30. The molecule has 26 heavy (non-hydrogen) atoms. The summed E-state index contributed by atoms with van der Waals surface area (Å²) in [7, 11) is 0. The van der Waals surface area contributed by atoms with Gasteiger partial charge >= 0.3 is 5.97 Å². The number of carbonyl (C=O) groups is 1. The molecule has 0 N–H and O–H groups in total. The van der Waals surface area contributed by atoms with Gasteiger partial charge in [-0.15, -0.1) is 10.2 Å². The number of carbonyl (C=O) groups excluding carboxylic acids is 1. The third kappa shape index (κ3) is 3.07. The van der Waals surface area contributed by atoms with Crippen molar-refractivity contribution in [3.8, 4) is 11.5 Å². The molecule has 0 aliphatic heterocycles. The Morgan fingerprint density at radius 2 is 1.65 bits per heavy atom. The lowest BCUT2D eigenvalue weighted by Crippen LogP contribution is -2.10. The summed E-state index contributed by atoms with van der Waals surface area (Å²) in [5.41, 5.74) is 1.33. The van der Waals surface area contributed by atoms with Crippen molar-refractivity contribution in [2.75, 3.05) is 0 Å². The van der Waals surface area contributed by atoms with Crippen LogP contribution in [0, 0.1) is 0 Å². The Morgan fingerprint density at radius 1 is 0.923 bits per heavy atom. The zero-order valence-electron chi connectivity index (χ0n) is 14.1. The van der Waals surface area contributed by atoms with E-state index in [0.29, 0.717) is 11.5 Å². The highest BCUT2D eigenvalue weighted by atomic mass is 16.6. The second-order valence-electron chi connectivity index (χ2n) is 5.89. The summed E-state index contributed by atoms with van der Waals surface area (Å²) in [6, 6.07) is 22.7. The molecule has 0 saturated heterocycles. The molecule has 4 aromatic rings. The van der Waals surface area contributed by atoms with E-state index in [2.05, 4.69) is 10.2 Å². The van der Waals surface area contributed by atoms with Gasteiger partial charge in [0.1, 0.15) is 0 Å². The van der Waals surface area contributed by atoms with Crippen LogP contribution >= 0.6 is 0 Å². The van der Waals surface area contributed by atoms with Crippen LogP contribution in [0.5, 0.6) is 0 Å². The SMILES string of the molecule is CC(OC(=O)c1cccc2ccccc12)c1nnc(-c2ccccc2)o1. The monoisotopic (exact) mass is 344 g/mol. The van der Waals surface area contributed by atoms with E-state index in [0.717, 1.165) is 16.3 Å². The number of fused-ring (bicyclic) bond motifs is 1. The van der Waals surface area contributed by atoms with Gasteiger partial charge in [-0.1, -0.05) is 54.6 Å². The predicted octanol–water partition coefficient (Wildman–Crippen LogP) is 4.81. The molecule has 4 rings (SSSR count). The van der Waals surface area contributed by atoms with Crippen LogP contribution in [0.3, 0.4) is 0 Å². The standard InChI is InChI=1S/C21H16N2O3/c1-14(19-22-23-20(26-19)16-9-3-2-4-10-16)25-21(24)18-13-7-11-15-8-5-6-12-17(15)18/h2-14H,1H3. The lowest BCUT2D eigenvalue weighted by Gasteiger charge is -2.11. The number of hydrogen-bond donors (Lipinski definition) is 0. The summed E-state index contributed by atoms with van der Waals surface area (Å²) in [6.07, 6.45) is -0.647. The Balaban J connectivity index is 1.55. The first kappa shape index (κ1) is 16.0. The minimum atomic E-state index is -0.647. The lowest BCUT2D eigenvalue weighted by atomic mass is 10.0. The van der Waals surface area contributed by atoms with Crippen LogP contribution < -0.4 is 0 Å². The fourth-order valence-electron chi connectivity index (χ4n) is 2.77. The molecule has 0 spiro atoms. The molecule has 1 aromatic heterocycles. The number of rotatable bonds is 4. The maximum absolute atomic E-state index is 12.6. The van der Waals surface area contributed by atoms with E-state index in [4.69, 9.17) is 9.15 Å². The Labute approximate surface area is 150 Å². The molecule has 3 aromatic carbocycles. The minimum absolute atomic E-state index is 0.262. The molecule has 0 bridgehead atoms. The molecular weight excluding hydrogens is 328 g/mol. The van der Waals surface area contributed by atoms with E-state index >= 15 is 0 Å². The third-order valence-electron chi connectivity index (χ3n) is 4.10. The Morgan fingerprint density at radius 3 is 2.50 bits per heavy atom. The topological polar surface area (TPSA) is 65.2 Å². The number of hydrogen-bond acceptors (Lipinski definition) is 5. The molecule has 0 amide bonds. The molecule has 128 valence electrons. The van der Waals surface area contributed by atoms with Gasteiger partial charge in [0, 0.05) is 5.56 Å². The number of nitrogens with zero attached hydrogens (tertiary/aromatic N) is 2. The van der Waals surface area contributed by atoms with Crippen LogP contribution in [0.25, 0.3) is 22.2 Å². The highest BCUT2D eigenvalue weighted by Crippen LogP contribution is 2.25. The van der Waals surface area contributed by atoms with Gasteiger partial charge < -0.3 is 9.15 Å². The zero-order chi connectivity index (χ0) is 17.9. The summed E-state index contributed by atoms with van der Waals surface area (Å²) >= 11 is 0. The quantitative estimate of drug-likeness (QED) is 0.497. The summed E-state index contributed by atoms with van der Waals surface area (Å²) in [6.45, 7) is 1.71. The van der Waals surface area contributed by atoms with Crippen molar-refractivity contribution in [1.82, 2.24) is 10.2 Å². The molecule has 1 unspecified atom stereocenters. The van der Waals surface area contributed by atoms with Gasteiger partial charge in [-0.05, 0) is 35.9 Å². The van der Waals surface area contributed by atoms with Crippen molar-refractivity contribution in [2.45, 2.75) is 13.0 Å². The zero-order valence-corrected chi connectivity index (χ0v) is 14.1. The van der Waals surface area contributed by atoms with Gasteiger partial charge in [0.25, 0.3) is 5.89 Å². The first-order chi connectivity index (χ1) is 12.7. The van der Waals surface area contributed by atoms with Gasteiger partial charge in [-0.25, -0.2) is 4.79 Å². The number of ether oxygens (including phenoxy) is 1. The number of aromatic nitrogens is 2. The second-order valence-corrected chi connectivity index (χ2v) is 5.89. The van der Waals surface area contributed by atoms with Crippen molar-refractivity contribution < 1.29 is 13.9 Å². The van der Waals surface area contributed by atoms with E-state index in [9.17, 15) is 4.79 Å². The number of esters is 1. The molecule has 0 aliphatic carbocycles. The Hall–Kier alpha value is -3.47. The van der Waals surface area contributed by atoms with Crippen molar-refractivity contribution in [1.29, 1.82) is 0 Å². The van der Waals surface area contributed by atoms with Gasteiger partial charge in [-0.3, -0.25) is 0 Å². The molecule has 0 radical (unpaired) electrons.